The molecule has 1 aliphatic heterocycles. The number of thiazole rings is 1. The Hall–Kier alpha value is -2.20. The first-order valence-electron chi connectivity index (χ1n) is 9.16. The van der Waals surface area contributed by atoms with E-state index < -0.39 is 17.3 Å². The third-order valence-electron chi connectivity index (χ3n) is 4.35. The number of halogens is 3. The number of amides is 1. The second-order valence-electron chi connectivity index (χ2n) is 8.31. The van der Waals surface area contributed by atoms with Crippen LogP contribution in [0.3, 0.4) is 0 Å². The molecule has 3 rings (SSSR count). The third kappa shape index (κ3) is 5.05. The van der Waals surface area contributed by atoms with Gasteiger partial charge in [-0.05, 0) is 40.8 Å². The van der Waals surface area contributed by atoms with Gasteiger partial charge in [-0.2, -0.15) is 13.2 Å². The molecule has 2 N–H and O–H groups in total. The van der Waals surface area contributed by atoms with Crippen LogP contribution < -0.4 is 10.6 Å². The lowest BCUT2D eigenvalue weighted by Crippen LogP contribution is -2.57. The third-order valence-corrected chi connectivity index (χ3v) is 5.54. The highest BCUT2D eigenvalue weighted by atomic mass is 32.1. The lowest BCUT2D eigenvalue weighted by molar-refractivity contribution is -0.137. The number of rotatable bonds is 4. The van der Waals surface area contributed by atoms with E-state index in [9.17, 15) is 18.0 Å². The van der Waals surface area contributed by atoms with E-state index in [-0.39, 0.29) is 28.3 Å². The zero-order chi connectivity index (χ0) is 21.6. The van der Waals surface area contributed by atoms with Crippen LogP contribution in [0.25, 0.3) is 10.4 Å². The van der Waals surface area contributed by atoms with Crippen LogP contribution in [0.1, 0.15) is 41.8 Å². The van der Waals surface area contributed by atoms with E-state index in [4.69, 9.17) is 0 Å². The van der Waals surface area contributed by atoms with Gasteiger partial charge in [-0.15, -0.1) is 11.3 Å². The summed E-state index contributed by atoms with van der Waals surface area (Å²) in [6.45, 7) is 8.61. The summed E-state index contributed by atoms with van der Waals surface area (Å²) < 4.78 is 41.3. The van der Waals surface area contributed by atoms with Gasteiger partial charge in [0.05, 0.1) is 22.2 Å². The minimum absolute atomic E-state index is 0.0373. The number of likely N-dealkylation sites (N-methyl/N-ethyl adjacent to an activating group) is 1. The molecule has 3 heterocycles. The number of nitrogens with zero attached hydrogens (tertiary/aromatic N) is 3. The standard InChI is InChI=1S/C19H24F3N5OS/c1-10-15(29-17(24-10)16(28)25-11-8-27(5)9-11)12-7-23-14(26-18(2,3)4)6-13(12)19(20,21)22/h6-7,11H,8-9H2,1-5H3,(H,23,26)(H,25,28). The van der Waals surface area contributed by atoms with Gasteiger partial charge in [0, 0.05) is 30.4 Å². The van der Waals surface area contributed by atoms with E-state index >= 15 is 0 Å². The van der Waals surface area contributed by atoms with Crippen molar-refractivity contribution in [1.82, 2.24) is 20.2 Å². The zero-order valence-corrected chi connectivity index (χ0v) is 17.8. The Balaban J connectivity index is 1.93. The Bertz CT molecular complexity index is 914. The number of hydrogen-bond donors (Lipinski definition) is 2. The molecule has 10 heteroatoms. The van der Waals surface area contributed by atoms with E-state index in [1.165, 1.54) is 6.20 Å². The number of aromatic nitrogens is 2. The Labute approximate surface area is 171 Å². The first kappa shape index (κ1) is 21.5. The van der Waals surface area contributed by atoms with Crippen LogP contribution in [0, 0.1) is 6.92 Å². The highest BCUT2D eigenvalue weighted by Gasteiger charge is 2.36. The number of anilines is 1. The molecule has 1 amide bonds. The molecule has 0 spiro atoms. The minimum Gasteiger partial charge on any atom is -0.365 e. The van der Waals surface area contributed by atoms with Crippen LogP contribution in [-0.4, -0.2) is 52.5 Å². The van der Waals surface area contributed by atoms with Crippen molar-refractivity contribution < 1.29 is 18.0 Å². The fourth-order valence-corrected chi connectivity index (χ4v) is 4.10. The lowest BCUT2D eigenvalue weighted by atomic mass is 10.1. The molecule has 1 aliphatic rings. The Morgan fingerprint density at radius 3 is 2.48 bits per heavy atom. The van der Waals surface area contributed by atoms with Crippen LogP contribution in [0.15, 0.2) is 12.3 Å². The zero-order valence-electron chi connectivity index (χ0n) is 16.9. The molecule has 1 fully saturated rings. The average molecular weight is 427 g/mol. The molecule has 2 aromatic heterocycles. The topological polar surface area (TPSA) is 70.2 Å². The number of nitrogens with one attached hydrogen (secondary N) is 2. The molecule has 0 bridgehead atoms. The SMILES string of the molecule is Cc1nc(C(=O)NC2CN(C)C2)sc1-c1cnc(NC(C)(C)C)cc1C(F)(F)F. The molecule has 29 heavy (non-hydrogen) atoms. The highest BCUT2D eigenvalue weighted by Crippen LogP contribution is 2.41. The molecule has 2 aromatic rings. The fraction of sp³-hybridized carbons (Fsp3) is 0.526. The molecule has 0 aliphatic carbocycles. The van der Waals surface area contributed by atoms with Crippen LogP contribution in [0.4, 0.5) is 19.0 Å². The number of carbonyl (C=O) groups excluding carboxylic acids is 1. The van der Waals surface area contributed by atoms with Crippen molar-refractivity contribution in [2.24, 2.45) is 0 Å². The predicted octanol–water partition coefficient (Wildman–Crippen LogP) is 3.79. The van der Waals surface area contributed by atoms with Gasteiger partial charge in [-0.1, -0.05) is 0 Å². The number of hydrogen-bond acceptors (Lipinski definition) is 6. The summed E-state index contributed by atoms with van der Waals surface area (Å²) in [4.78, 5) is 23.1. The van der Waals surface area contributed by atoms with Crippen LogP contribution in [0.5, 0.6) is 0 Å². The molecule has 158 valence electrons. The number of aryl methyl sites for hydroxylation is 1. The largest absolute Gasteiger partial charge is 0.417 e. The van der Waals surface area contributed by atoms with Crippen molar-refractivity contribution in [1.29, 1.82) is 0 Å². The second kappa shape index (κ2) is 7.56. The first-order chi connectivity index (χ1) is 13.3. The number of carbonyl (C=O) groups is 1. The molecule has 0 atom stereocenters. The minimum atomic E-state index is -4.57. The Morgan fingerprint density at radius 1 is 1.28 bits per heavy atom. The van der Waals surface area contributed by atoms with Crippen molar-refractivity contribution >= 4 is 23.1 Å². The molecule has 6 nitrogen and oxygen atoms in total. The molecular formula is C19H24F3N5OS. The summed E-state index contributed by atoms with van der Waals surface area (Å²) in [6, 6.07) is 1.04. The predicted molar refractivity (Wildman–Crippen MR) is 107 cm³/mol. The van der Waals surface area contributed by atoms with Crippen molar-refractivity contribution in [3.8, 4) is 10.4 Å². The summed E-state index contributed by atoms with van der Waals surface area (Å²) in [5.74, 6) is -0.224. The summed E-state index contributed by atoms with van der Waals surface area (Å²) >= 11 is 0.950. The summed E-state index contributed by atoms with van der Waals surface area (Å²) in [7, 11) is 1.94. The van der Waals surface area contributed by atoms with Crippen LogP contribution in [-0.2, 0) is 6.18 Å². The van der Waals surface area contributed by atoms with Gasteiger partial charge in [0.15, 0.2) is 5.01 Å². The van der Waals surface area contributed by atoms with E-state index in [2.05, 4.69) is 25.5 Å². The van der Waals surface area contributed by atoms with Crippen molar-refractivity contribution in [3.05, 3.63) is 28.5 Å². The molecule has 0 aromatic carbocycles. The average Bonchev–Trinajstić information content (AvgIpc) is 2.93. The summed E-state index contributed by atoms with van der Waals surface area (Å²) in [6.07, 6.45) is -3.37. The Kier molecular flexibility index (Phi) is 5.61. The number of likely N-dealkylation sites (tertiary alicyclic amines) is 1. The summed E-state index contributed by atoms with van der Waals surface area (Å²) in [5.41, 5.74) is -0.943. The van der Waals surface area contributed by atoms with Crippen molar-refractivity contribution in [2.75, 3.05) is 25.5 Å². The van der Waals surface area contributed by atoms with Gasteiger partial charge < -0.3 is 15.5 Å². The fourth-order valence-electron chi connectivity index (χ4n) is 3.10. The van der Waals surface area contributed by atoms with Crippen LogP contribution in [0.2, 0.25) is 0 Å². The molecule has 0 unspecified atom stereocenters. The summed E-state index contributed by atoms with van der Waals surface area (Å²) in [5, 5.41) is 5.96. The second-order valence-corrected chi connectivity index (χ2v) is 9.31. The number of alkyl halides is 3. The maximum Gasteiger partial charge on any atom is 0.417 e. The van der Waals surface area contributed by atoms with Gasteiger partial charge in [0.2, 0.25) is 0 Å². The van der Waals surface area contributed by atoms with Gasteiger partial charge in [0.1, 0.15) is 5.82 Å². The maximum absolute atomic E-state index is 13.8. The number of pyridine rings is 1. The van der Waals surface area contributed by atoms with Crippen molar-refractivity contribution in [3.63, 3.8) is 0 Å². The smallest absolute Gasteiger partial charge is 0.365 e. The van der Waals surface area contributed by atoms with Crippen molar-refractivity contribution in [2.45, 2.75) is 45.5 Å². The molecule has 1 saturated heterocycles. The van der Waals surface area contributed by atoms with Gasteiger partial charge in [-0.3, -0.25) is 4.79 Å². The van der Waals surface area contributed by atoms with Gasteiger partial charge >= 0.3 is 6.18 Å². The van der Waals surface area contributed by atoms with Crippen LogP contribution >= 0.6 is 11.3 Å². The maximum atomic E-state index is 13.8. The quantitative estimate of drug-likeness (QED) is 0.777. The monoisotopic (exact) mass is 427 g/mol. The molecule has 0 radical (unpaired) electrons. The van der Waals surface area contributed by atoms with Gasteiger partial charge in [0.25, 0.3) is 5.91 Å². The lowest BCUT2D eigenvalue weighted by Gasteiger charge is -2.36. The normalized spacial score (nSPS) is 15.9. The highest BCUT2D eigenvalue weighted by molar-refractivity contribution is 7.17. The van der Waals surface area contributed by atoms with E-state index in [0.29, 0.717) is 10.6 Å². The van der Waals surface area contributed by atoms with Gasteiger partial charge in [-0.25, -0.2) is 9.97 Å². The first-order valence-corrected chi connectivity index (χ1v) is 9.98. The molecular weight excluding hydrogens is 403 g/mol. The van der Waals surface area contributed by atoms with E-state index in [1.807, 2.05) is 27.8 Å². The van der Waals surface area contributed by atoms with E-state index in [0.717, 1.165) is 30.5 Å². The molecule has 0 saturated carbocycles. The van der Waals surface area contributed by atoms with E-state index in [1.54, 1.807) is 6.92 Å². The Morgan fingerprint density at radius 2 is 1.93 bits per heavy atom.